The van der Waals surface area contributed by atoms with E-state index in [-0.39, 0.29) is 0 Å². The van der Waals surface area contributed by atoms with Crippen LogP contribution in [0.3, 0.4) is 0 Å². The van der Waals surface area contributed by atoms with Crippen molar-refractivity contribution in [3.05, 3.63) is 29.3 Å². The molecule has 1 aromatic rings. The molecule has 18 heavy (non-hydrogen) atoms. The van der Waals surface area contributed by atoms with E-state index >= 15 is 0 Å². The standard InChI is InChI=1S/C14H16N2O2/c17-14(18)16-7-10-6-15-5-4-9-2-1-3-11(13(9)15)12(10)8-16/h1-3,10,12H,4-8H2,(H,17,18)/t10-,12+/m1/s1. The number of hydrogen-bond donors (Lipinski definition) is 1. The molecule has 4 nitrogen and oxygen atoms in total. The molecule has 4 rings (SSSR count). The lowest BCUT2D eigenvalue weighted by Gasteiger charge is -2.35. The largest absolute Gasteiger partial charge is 0.465 e. The predicted molar refractivity (Wildman–Crippen MR) is 68.2 cm³/mol. The lowest BCUT2D eigenvalue weighted by molar-refractivity contribution is 0.154. The molecule has 2 atom stereocenters. The van der Waals surface area contributed by atoms with E-state index < -0.39 is 6.09 Å². The SMILES string of the molecule is O=C(O)N1C[C@H]2CN3CCc4cccc(c43)[C@H]2C1. The molecule has 0 unspecified atom stereocenters. The fraction of sp³-hybridized carbons (Fsp3) is 0.500. The Labute approximate surface area is 106 Å². The van der Waals surface area contributed by atoms with Gasteiger partial charge in [0.05, 0.1) is 0 Å². The van der Waals surface area contributed by atoms with Gasteiger partial charge >= 0.3 is 6.09 Å². The molecule has 0 bridgehead atoms. The highest BCUT2D eigenvalue weighted by Gasteiger charge is 2.43. The summed E-state index contributed by atoms with van der Waals surface area (Å²) in [5.41, 5.74) is 4.23. The van der Waals surface area contributed by atoms with E-state index in [1.54, 1.807) is 4.90 Å². The first-order valence-corrected chi connectivity index (χ1v) is 6.58. The highest BCUT2D eigenvalue weighted by molar-refractivity contribution is 5.69. The molecule has 0 radical (unpaired) electrons. The first-order chi connectivity index (χ1) is 8.74. The van der Waals surface area contributed by atoms with Gasteiger partial charge in [0.2, 0.25) is 0 Å². The quantitative estimate of drug-likeness (QED) is 0.756. The van der Waals surface area contributed by atoms with Crippen molar-refractivity contribution in [2.45, 2.75) is 12.3 Å². The Morgan fingerprint density at radius 1 is 1.28 bits per heavy atom. The molecule has 0 spiro atoms. The molecule has 3 aliphatic heterocycles. The smallest absolute Gasteiger partial charge is 0.407 e. The molecular formula is C14H16N2O2. The van der Waals surface area contributed by atoms with Crippen LogP contribution in [0.5, 0.6) is 0 Å². The predicted octanol–water partition coefficient (Wildman–Crippen LogP) is 1.76. The Balaban J connectivity index is 1.78. The summed E-state index contributed by atoms with van der Waals surface area (Å²) in [6.45, 7) is 3.49. The van der Waals surface area contributed by atoms with E-state index in [1.165, 1.54) is 16.8 Å². The van der Waals surface area contributed by atoms with Crippen molar-refractivity contribution in [1.82, 2.24) is 4.90 Å². The van der Waals surface area contributed by atoms with Crippen LogP contribution in [0.4, 0.5) is 10.5 Å². The molecule has 1 amide bonds. The number of benzene rings is 1. The Morgan fingerprint density at radius 2 is 2.17 bits per heavy atom. The van der Waals surface area contributed by atoms with Crippen LogP contribution in [0.15, 0.2) is 18.2 Å². The van der Waals surface area contributed by atoms with Crippen LogP contribution in [-0.2, 0) is 6.42 Å². The van der Waals surface area contributed by atoms with Gasteiger partial charge in [0.1, 0.15) is 0 Å². The fourth-order valence-electron chi connectivity index (χ4n) is 3.90. The number of carboxylic acid groups (broad SMARTS) is 1. The van der Waals surface area contributed by atoms with E-state index in [0.717, 1.165) is 19.5 Å². The summed E-state index contributed by atoms with van der Waals surface area (Å²) in [6, 6.07) is 6.53. The van der Waals surface area contributed by atoms with Crippen molar-refractivity contribution in [2.24, 2.45) is 5.92 Å². The maximum atomic E-state index is 11.1. The third-order valence-corrected chi connectivity index (χ3v) is 4.68. The molecule has 94 valence electrons. The Kier molecular flexibility index (Phi) is 1.93. The number of likely N-dealkylation sites (tertiary alicyclic amines) is 1. The molecule has 1 N–H and O–H groups in total. The fourth-order valence-corrected chi connectivity index (χ4v) is 3.90. The van der Waals surface area contributed by atoms with Crippen LogP contribution in [-0.4, -0.2) is 42.3 Å². The van der Waals surface area contributed by atoms with Crippen LogP contribution < -0.4 is 4.90 Å². The summed E-state index contributed by atoms with van der Waals surface area (Å²) in [7, 11) is 0. The number of rotatable bonds is 0. The van der Waals surface area contributed by atoms with Gasteiger partial charge < -0.3 is 14.9 Å². The maximum Gasteiger partial charge on any atom is 0.407 e. The van der Waals surface area contributed by atoms with Crippen molar-refractivity contribution in [1.29, 1.82) is 0 Å². The van der Waals surface area contributed by atoms with Crippen molar-refractivity contribution in [3.8, 4) is 0 Å². The third kappa shape index (κ3) is 1.23. The van der Waals surface area contributed by atoms with Crippen LogP contribution in [0.2, 0.25) is 0 Å². The first-order valence-electron chi connectivity index (χ1n) is 6.58. The summed E-state index contributed by atoms with van der Waals surface area (Å²) in [5.74, 6) is 0.882. The minimum Gasteiger partial charge on any atom is -0.465 e. The van der Waals surface area contributed by atoms with Crippen LogP contribution in [0.25, 0.3) is 0 Å². The zero-order chi connectivity index (χ0) is 12.3. The minimum absolute atomic E-state index is 0.408. The van der Waals surface area contributed by atoms with E-state index in [1.807, 2.05) is 0 Å². The van der Waals surface area contributed by atoms with E-state index in [0.29, 0.717) is 24.9 Å². The number of hydrogen-bond acceptors (Lipinski definition) is 2. The number of nitrogens with zero attached hydrogens (tertiary/aromatic N) is 2. The molecule has 0 saturated carbocycles. The molecule has 0 aromatic heterocycles. The molecule has 3 aliphatic rings. The van der Waals surface area contributed by atoms with Gasteiger partial charge in [-0.15, -0.1) is 0 Å². The van der Waals surface area contributed by atoms with Gasteiger partial charge in [-0.25, -0.2) is 4.79 Å². The minimum atomic E-state index is -0.772. The second-order valence-corrected chi connectivity index (χ2v) is 5.61. The summed E-state index contributed by atoms with van der Waals surface area (Å²) >= 11 is 0. The van der Waals surface area contributed by atoms with Gasteiger partial charge in [-0.2, -0.15) is 0 Å². The monoisotopic (exact) mass is 244 g/mol. The number of carbonyl (C=O) groups is 1. The molecule has 3 heterocycles. The number of fused-ring (bicyclic) bond motifs is 2. The lowest BCUT2D eigenvalue weighted by Crippen LogP contribution is -2.36. The Hall–Kier alpha value is -1.71. The van der Waals surface area contributed by atoms with Crippen LogP contribution in [0.1, 0.15) is 17.0 Å². The highest BCUT2D eigenvalue weighted by Crippen LogP contribution is 2.46. The van der Waals surface area contributed by atoms with Crippen molar-refractivity contribution < 1.29 is 9.90 Å². The zero-order valence-electron chi connectivity index (χ0n) is 10.2. The lowest BCUT2D eigenvalue weighted by atomic mass is 9.83. The summed E-state index contributed by atoms with van der Waals surface area (Å²) in [5, 5.41) is 9.16. The third-order valence-electron chi connectivity index (χ3n) is 4.68. The maximum absolute atomic E-state index is 11.1. The molecule has 1 aromatic carbocycles. The van der Waals surface area contributed by atoms with Gasteiger partial charge in [-0.3, -0.25) is 0 Å². The highest BCUT2D eigenvalue weighted by atomic mass is 16.4. The molecule has 4 heteroatoms. The van der Waals surface area contributed by atoms with E-state index in [9.17, 15) is 4.79 Å². The average Bonchev–Trinajstić information content (AvgIpc) is 2.95. The Morgan fingerprint density at radius 3 is 3.00 bits per heavy atom. The van der Waals surface area contributed by atoms with Crippen molar-refractivity contribution in [2.75, 3.05) is 31.1 Å². The van der Waals surface area contributed by atoms with E-state index in [4.69, 9.17) is 5.11 Å². The summed E-state index contributed by atoms with van der Waals surface area (Å²) < 4.78 is 0. The first kappa shape index (κ1) is 10.2. The summed E-state index contributed by atoms with van der Waals surface area (Å²) in [6.07, 6.45) is 0.372. The Bertz CT molecular complexity index is 529. The number of para-hydroxylation sites is 1. The summed E-state index contributed by atoms with van der Waals surface area (Å²) in [4.78, 5) is 15.2. The molecule has 0 aliphatic carbocycles. The van der Waals surface area contributed by atoms with Gasteiger partial charge in [-0.05, 0) is 17.5 Å². The average molecular weight is 244 g/mol. The molecular weight excluding hydrogens is 228 g/mol. The topological polar surface area (TPSA) is 43.8 Å². The van der Waals surface area contributed by atoms with Gasteiger partial charge in [0, 0.05) is 43.7 Å². The van der Waals surface area contributed by atoms with Gasteiger partial charge in [0.15, 0.2) is 0 Å². The zero-order valence-corrected chi connectivity index (χ0v) is 10.2. The van der Waals surface area contributed by atoms with Gasteiger partial charge in [0.25, 0.3) is 0 Å². The normalized spacial score (nSPS) is 28.2. The van der Waals surface area contributed by atoms with E-state index in [2.05, 4.69) is 23.1 Å². The van der Waals surface area contributed by atoms with Crippen LogP contribution >= 0.6 is 0 Å². The van der Waals surface area contributed by atoms with Gasteiger partial charge in [-0.1, -0.05) is 18.2 Å². The van der Waals surface area contributed by atoms with Crippen LogP contribution in [0, 0.1) is 5.92 Å². The number of anilines is 1. The van der Waals surface area contributed by atoms with Crippen molar-refractivity contribution in [3.63, 3.8) is 0 Å². The molecule has 1 fully saturated rings. The second-order valence-electron chi connectivity index (χ2n) is 5.61. The second kappa shape index (κ2) is 3.40. The molecule has 1 saturated heterocycles. The van der Waals surface area contributed by atoms with Crippen molar-refractivity contribution >= 4 is 11.8 Å². The number of amides is 1.